The molecule has 0 atom stereocenters. The predicted octanol–water partition coefficient (Wildman–Crippen LogP) is 3.49. The van der Waals surface area contributed by atoms with Crippen molar-refractivity contribution in [1.82, 2.24) is 0 Å². The first kappa shape index (κ1) is 15.5. The normalized spacial score (nSPS) is 10.3. The highest BCUT2D eigenvalue weighted by atomic mass is 35.5. The monoisotopic (exact) mass is 307 g/mol. The van der Waals surface area contributed by atoms with Crippen LogP contribution in [0.25, 0.3) is 11.1 Å². The number of hydrogen-bond donors (Lipinski definition) is 1. The van der Waals surface area contributed by atoms with Gasteiger partial charge >= 0.3 is 0 Å². The molecule has 21 heavy (non-hydrogen) atoms. The summed E-state index contributed by atoms with van der Waals surface area (Å²) in [4.78, 5) is 0. The van der Waals surface area contributed by atoms with Crippen molar-refractivity contribution in [3.63, 3.8) is 0 Å². The summed E-state index contributed by atoms with van der Waals surface area (Å²) in [5.41, 5.74) is 8.57. The minimum absolute atomic E-state index is 0.366. The molecule has 0 fully saturated rings. The molecule has 0 amide bonds. The molecule has 2 N–H and O–H groups in total. The van der Waals surface area contributed by atoms with E-state index in [1.807, 2.05) is 24.3 Å². The second-order valence-electron chi connectivity index (χ2n) is 4.41. The van der Waals surface area contributed by atoms with Crippen LogP contribution in [0.3, 0.4) is 0 Å². The Labute approximate surface area is 129 Å². The van der Waals surface area contributed by atoms with Gasteiger partial charge in [0.05, 0.1) is 21.3 Å². The lowest BCUT2D eigenvalue weighted by molar-refractivity contribution is 0.354. The van der Waals surface area contributed by atoms with Crippen LogP contribution in [0.2, 0.25) is 5.02 Å². The quantitative estimate of drug-likeness (QED) is 0.918. The Bertz CT molecular complexity index is 644. The average Bonchev–Trinajstić information content (AvgIpc) is 2.53. The molecule has 0 unspecified atom stereocenters. The van der Waals surface area contributed by atoms with E-state index in [4.69, 9.17) is 31.5 Å². The first-order valence-electron chi connectivity index (χ1n) is 6.43. The fourth-order valence-corrected chi connectivity index (χ4v) is 2.40. The van der Waals surface area contributed by atoms with Gasteiger partial charge in [-0.2, -0.15) is 0 Å². The van der Waals surface area contributed by atoms with E-state index in [1.54, 1.807) is 27.4 Å². The maximum absolute atomic E-state index is 6.11. The summed E-state index contributed by atoms with van der Waals surface area (Å²) < 4.78 is 16.1. The SMILES string of the molecule is COc1cc(CN)c(-c2cc(Cl)ccc2OC)cc1OC. The van der Waals surface area contributed by atoms with Gasteiger partial charge in [0.1, 0.15) is 5.75 Å². The highest BCUT2D eigenvalue weighted by molar-refractivity contribution is 6.31. The standard InChI is InChI=1S/C16H18ClNO3/c1-19-14-5-4-11(17)7-13(14)12-8-16(21-3)15(20-2)6-10(12)9-18/h4-8H,9,18H2,1-3H3. The number of halogens is 1. The van der Waals surface area contributed by atoms with Gasteiger partial charge < -0.3 is 19.9 Å². The van der Waals surface area contributed by atoms with Crippen molar-refractivity contribution in [2.75, 3.05) is 21.3 Å². The van der Waals surface area contributed by atoms with Crippen molar-refractivity contribution in [3.8, 4) is 28.4 Å². The molecule has 0 bridgehead atoms. The molecule has 0 aliphatic carbocycles. The topological polar surface area (TPSA) is 53.7 Å². The summed E-state index contributed by atoms with van der Waals surface area (Å²) in [6.07, 6.45) is 0. The van der Waals surface area contributed by atoms with Gasteiger partial charge in [0.25, 0.3) is 0 Å². The fourth-order valence-electron chi connectivity index (χ4n) is 2.23. The Morgan fingerprint density at radius 3 is 2.05 bits per heavy atom. The number of rotatable bonds is 5. The van der Waals surface area contributed by atoms with Crippen LogP contribution >= 0.6 is 11.6 Å². The molecule has 0 aromatic heterocycles. The molecule has 0 aliphatic rings. The lowest BCUT2D eigenvalue weighted by Gasteiger charge is -2.16. The molecule has 2 aromatic carbocycles. The van der Waals surface area contributed by atoms with E-state index in [9.17, 15) is 0 Å². The van der Waals surface area contributed by atoms with Gasteiger partial charge in [0, 0.05) is 17.1 Å². The predicted molar refractivity (Wildman–Crippen MR) is 84.4 cm³/mol. The van der Waals surface area contributed by atoms with Gasteiger partial charge in [-0.25, -0.2) is 0 Å². The zero-order valence-electron chi connectivity index (χ0n) is 12.3. The van der Waals surface area contributed by atoms with Crippen molar-refractivity contribution >= 4 is 11.6 Å². The summed E-state index contributed by atoms with van der Waals surface area (Å²) in [5, 5.41) is 0.628. The van der Waals surface area contributed by atoms with Crippen molar-refractivity contribution < 1.29 is 14.2 Å². The number of ether oxygens (including phenoxy) is 3. The van der Waals surface area contributed by atoms with E-state index < -0.39 is 0 Å². The van der Waals surface area contributed by atoms with Crippen LogP contribution in [-0.4, -0.2) is 21.3 Å². The Morgan fingerprint density at radius 2 is 1.48 bits per heavy atom. The largest absolute Gasteiger partial charge is 0.496 e. The second-order valence-corrected chi connectivity index (χ2v) is 4.85. The van der Waals surface area contributed by atoms with Crippen LogP contribution < -0.4 is 19.9 Å². The summed E-state index contributed by atoms with van der Waals surface area (Å²) in [6, 6.07) is 9.21. The van der Waals surface area contributed by atoms with E-state index in [0.29, 0.717) is 23.1 Å². The van der Waals surface area contributed by atoms with E-state index in [1.165, 1.54) is 0 Å². The van der Waals surface area contributed by atoms with Gasteiger partial charge in [0.2, 0.25) is 0 Å². The minimum atomic E-state index is 0.366. The van der Waals surface area contributed by atoms with Crippen molar-refractivity contribution in [1.29, 1.82) is 0 Å². The second kappa shape index (κ2) is 6.70. The molecule has 0 saturated carbocycles. The Hall–Kier alpha value is -1.91. The maximum atomic E-state index is 6.11. The summed E-state index contributed by atoms with van der Waals surface area (Å²) in [7, 11) is 4.81. The Balaban J connectivity index is 2.70. The van der Waals surface area contributed by atoms with Gasteiger partial charge in [0.15, 0.2) is 11.5 Å². The first-order chi connectivity index (χ1) is 10.1. The molecule has 0 radical (unpaired) electrons. The lowest BCUT2D eigenvalue weighted by atomic mass is 9.98. The van der Waals surface area contributed by atoms with Crippen LogP contribution in [0.5, 0.6) is 17.2 Å². The number of methoxy groups -OCH3 is 3. The van der Waals surface area contributed by atoms with Crippen LogP contribution in [0.4, 0.5) is 0 Å². The van der Waals surface area contributed by atoms with Crippen LogP contribution in [0.1, 0.15) is 5.56 Å². The maximum Gasteiger partial charge on any atom is 0.161 e. The molecular formula is C16H18ClNO3. The number of benzene rings is 2. The fraction of sp³-hybridized carbons (Fsp3) is 0.250. The van der Waals surface area contributed by atoms with Gasteiger partial charge in [-0.3, -0.25) is 0 Å². The van der Waals surface area contributed by atoms with Crippen molar-refractivity contribution in [3.05, 3.63) is 40.9 Å². The van der Waals surface area contributed by atoms with Gasteiger partial charge in [-0.1, -0.05) is 11.6 Å². The Morgan fingerprint density at radius 1 is 0.857 bits per heavy atom. The number of nitrogens with two attached hydrogens (primary N) is 1. The summed E-state index contributed by atoms with van der Waals surface area (Å²) >= 11 is 6.11. The molecule has 0 spiro atoms. The van der Waals surface area contributed by atoms with Gasteiger partial charge in [-0.05, 0) is 41.5 Å². The van der Waals surface area contributed by atoms with Crippen molar-refractivity contribution in [2.24, 2.45) is 5.73 Å². The van der Waals surface area contributed by atoms with Crippen LogP contribution in [-0.2, 0) is 6.54 Å². The van der Waals surface area contributed by atoms with Crippen LogP contribution in [0.15, 0.2) is 30.3 Å². The zero-order valence-corrected chi connectivity index (χ0v) is 13.0. The smallest absolute Gasteiger partial charge is 0.161 e. The van der Waals surface area contributed by atoms with E-state index in [-0.39, 0.29) is 0 Å². The highest BCUT2D eigenvalue weighted by Gasteiger charge is 2.15. The third-order valence-electron chi connectivity index (χ3n) is 3.28. The molecule has 0 saturated heterocycles. The third-order valence-corrected chi connectivity index (χ3v) is 3.52. The molecular weight excluding hydrogens is 290 g/mol. The van der Waals surface area contributed by atoms with E-state index >= 15 is 0 Å². The van der Waals surface area contributed by atoms with Crippen molar-refractivity contribution in [2.45, 2.75) is 6.54 Å². The van der Waals surface area contributed by atoms with Crippen LogP contribution in [0, 0.1) is 0 Å². The number of hydrogen-bond acceptors (Lipinski definition) is 4. The summed E-state index contributed by atoms with van der Waals surface area (Å²) in [5.74, 6) is 2.00. The highest BCUT2D eigenvalue weighted by Crippen LogP contribution is 2.40. The third kappa shape index (κ3) is 3.06. The Kier molecular flexibility index (Phi) is 4.94. The zero-order chi connectivity index (χ0) is 15.4. The van der Waals surface area contributed by atoms with E-state index in [2.05, 4.69) is 0 Å². The molecule has 0 aliphatic heterocycles. The molecule has 4 nitrogen and oxygen atoms in total. The molecule has 2 rings (SSSR count). The van der Waals surface area contributed by atoms with E-state index in [0.717, 1.165) is 22.4 Å². The molecule has 2 aromatic rings. The lowest BCUT2D eigenvalue weighted by Crippen LogP contribution is -2.02. The average molecular weight is 308 g/mol. The molecule has 0 heterocycles. The first-order valence-corrected chi connectivity index (χ1v) is 6.81. The minimum Gasteiger partial charge on any atom is -0.496 e. The molecule has 112 valence electrons. The van der Waals surface area contributed by atoms with Gasteiger partial charge in [-0.15, -0.1) is 0 Å². The summed E-state index contributed by atoms with van der Waals surface area (Å²) in [6.45, 7) is 0.366. The molecule has 5 heteroatoms.